The zero-order valence-corrected chi connectivity index (χ0v) is 20.7. The van der Waals surface area contributed by atoms with Gasteiger partial charge >= 0.3 is 0 Å². The molecule has 2 aliphatic rings. The van der Waals surface area contributed by atoms with Gasteiger partial charge in [-0.05, 0) is 68.4 Å². The maximum atomic E-state index is 13.5. The van der Waals surface area contributed by atoms with Gasteiger partial charge in [-0.2, -0.15) is 0 Å². The van der Waals surface area contributed by atoms with E-state index in [2.05, 4.69) is 4.90 Å². The van der Waals surface area contributed by atoms with E-state index in [9.17, 15) is 14.0 Å². The first-order valence-electron chi connectivity index (χ1n) is 12.1. The number of benzene rings is 3. The Balaban J connectivity index is 1.34. The summed E-state index contributed by atoms with van der Waals surface area (Å²) in [7, 11) is 2.92. The maximum absolute atomic E-state index is 13.5. The molecular formula is C28H27FN2O6. The van der Waals surface area contributed by atoms with Crippen LogP contribution in [0.2, 0.25) is 0 Å². The molecule has 2 heterocycles. The quantitative estimate of drug-likeness (QED) is 0.382. The number of hydrogen-bond acceptors (Lipinski definition) is 7. The Labute approximate surface area is 214 Å². The molecule has 5 rings (SSSR count). The Kier molecular flexibility index (Phi) is 6.96. The van der Waals surface area contributed by atoms with Crippen LogP contribution in [-0.4, -0.2) is 57.2 Å². The topological polar surface area (TPSA) is 77.5 Å². The van der Waals surface area contributed by atoms with Gasteiger partial charge in [-0.15, -0.1) is 0 Å². The maximum Gasteiger partial charge on any atom is 0.266 e. The molecule has 8 nitrogen and oxygen atoms in total. The van der Waals surface area contributed by atoms with Gasteiger partial charge in [0, 0.05) is 18.7 Å². The van der Waals surface area contributed by atoms with Crippen LogP contribution in [0, 0.1) is 5.82 Å². The number of carbonyl (C=O) groups is 2. The second-order valence-corrected chi connectivity index (χ2v) is 8.78. The Bertz CT molecular complexity index is 1340. The number of carbonyl (C=O) groups excluding carboxylic acids is 2. The van der Waals surface area contributed by atoms with Gasteiger partial charge in [0.15, 0.2) is 23.0 Å². The molecule has 3 aromatic rings. The summed E-state index contributed by atoms with van der Waals surface area (Å²) in [6, 6.07) is 13.5. The van der Waals surface area contributed by atoms with Crippen LogP contribution in [0.3, 0.4) is 0 Å². The number of nitrogens with zero attached hydrogens (tertiary/aromatic N) is 2. The van der Waals surface area contributed by atoms with Crippen LogP contribution in [0.15, 0.2) is 54.6 Å². The number of imide groups is 1. The Morgan fingerprint density at radius 2 is 1.49 bits per heavy atom. The minimum absolute atomic E-state index is 0.202. The number of rotatable bonds is 9. The van der Waals surface area contributed by atoms with Crippen LogP contribution in [0.4, 0.5) is 10.1 Å². The van der Waals surface area contributed by atoms with Crippen molar-refractivity contribution in [1.29, 1.82) is 0 Å². The molecule has 192 valence electrons. The molecule has 3 aromatic carbocycles. The van der Waals surface area contributed by atoms with Crippen molar-refractivity contribution < 1.29 is 32.9 Å². The van der Waals surface area contributed by atoms with Gasteiger partial charge in [-0.1, -0.05) is 0 Å². The van der Waals surface area contributed by atoms with E-state index in [0.29, 0.717) is 29.5 Å². The number of fused-ring (bicyclic) bond motifs is 1. The van der Waals surface area contributed by atoms with E-state index in [4.69, 9.17) is 18.9 Å². The zero-order valence-electron chi connectivity index (χ0n) is 20.7. The second-order valence-electron chi connectivity index (χ2n) is 8.78. The number of methoxy groups -OCH3 is 2. The summed E-state index contributed by atoms with van der Waals surface area (Å²) < 4.78 is 35.9. The Morgan fingerprint density at radius 1 is 0.784 bits per heavy atom. The minimum Gasteiger partial charge on any atom is -0.493 e. The van der Waals surface area contributed by atoms with Crippen LogP contribution < -0.4 is 23.8 Å². The first-order chi connectivity index (χ1) is 18.0. The highest BCUT2D eigenvalue weighted by Crippen LogP contribution is 2.38. The summed E-state index contributed by atoms with van der Waals surface area (Å²) in [4.78, 5) is 29.9. The van der Waals surface area contributed by atoms with Gasteiger partial charge in [-0.25, -0.2) is 9.29 Å². The van der Waals surface area contributed by atoms with Crippen LogP contribution in [0.1, 0.15) is 33.6 Å². The number of amides is 2. The van der Waals surface area contributed by atoms with Crippen LogP contribution in [0.25, 0.3) is 0 Å². The van der Waals surface area contributed by atoms with Crippen molar-refractivity contribution in [3.05, 3.63) is 71.5 Å². The normalized spacial score (nSPS) is 15.2. The number of halogens is 1. The molecule has 0 atom stereocenters. The summed E-state index contributed by atoms with van der Waals surface area (Å²) in [5.41, 5.74) is 0.833. The van der Waals surface area contributed by atoms with Gasteiger partial charge in [-0.3, -0.25) is 14.5 Å². The Morgan fingerprint density at radius 3 is 2.24 bits per heavy atom. The lowest BCUT2D eigenvalue weighted by atomic mass is 10.1. The minimum atomic E-state index is -0.485. The van der Waals surface area contributed by atoms with E-state index in [1.807, 2.05) is 0 Å². The summed E-state index contributed by atoms with van der Waals surface area (Å²) in [5, 5.41) is 0. The highest BCUT2D eigenvalue weighted by molar-refractivity contribution is 6.34. The number of anilines is 1. The molecule has 0 aliphatic carbocycles. The van der Waals surface area contributed by atoms with Crippen molar-refractivity contribution in [1.82, 2.24) is 4.90 Å². The standard InChI is InChI=1S/C28H27FN2O6/c1-34-25-15-18(29)5-9-24(25)37-20-7-8-21-22(17-20)28(33)31(27(21)32)19-6-10-23(26(16-19)35-2)36-14-13-30-11-3-4-12-30/h5-10,15-17H,3-4,11-14H2,1-2H3. The summed E-state index contributed by atoms with van der Waals surface area (Å²) in [6.45, 7) is 3.52. The van der Waals surface area contributed by atoms with Crippen molar-refractivity contribution >= 4 is 17.5 Å². The van der Waals surface area contributed by atoms with Gasteiger partial charge < -0.3 is 18.9 Å². The van der Waals surface area contributed by atoms with Crippen molar-refractivity contribution in [2.45, 2.75) is 12.8 Å². The molecule has 0 unspecified atom stereocenters. The Hall–Kier alpha value is -4.11. The van der Waals surface area contributed by atoms with E-state index in [1.165, 1.54) is 57.4 Å². The van der Waals surface area contributed by atoms with E-state index in [0.717, 1.165) is 24.5 Å². The van der Waals surface area contributed by atoms with Gasteiger partial charge in [0.05, 0.1) is 31.0 Å². The average molecular weight is 507 g/mol. The van der Waals surface area contributed by atoms with Gasteiger partial charge in [0.2, 0.25) is 0 Å². The van der Waals surface area contributed by atoms with Crippen molar-refractivity contribution in [3.8, 4) is 28.7 Å². The van der Waals surface area contributed by atoms with Gasteiger partial charge in [0.25, 0.3) is 11.8 Å². The van der Waals surface area contributed by atoms with Crippen LogP contribution in [0.5, 0.6) is 28.7 Å². The molecule has 0 spiro atoms. The van der Waals surface area contributed by atoms with Crippen LogP contribution >= 0.6 is 0 Å². The molecule has 1 saturated heterocycles. The summed E-state index contributed by atoms with van der Waals surface area (Å²) in [6.07, 6.45) is 2.43. The van der Waals surface area contributed by atoms with Crippen molar-refractivity contribution in [3.63, 3.8) is 0 Å². The van der Waals surface area contributed by atoms with Crippen molar-refractivity contribution in [2.24, 2.45) is 0 Å². The number of likely N-dealkylation sites (tertiary alicyclic amines) is 1. The molecule has 2 amide bonds. The molecule has 0 bridgehead atoms. The van der Waals surface area contributed by atoms with E-state index in [1.54, 1.807) is 24.3 Å². The number of ether oxygens (including phenoxy) is 4. The van der Waals surface area contributed by atoms with E-state index >= 15 is 0 Å². The monoisotopic (exact) mass is 506 g/mol. The summed E-state index contributed by atoms with van der Waals surface area (Å²) >= 11 is 0. The third kappa shape index (κ3) is 4.95. The molecule has 37 heavy (non-hydrogen) atoms. The lowest BCUT2D eigenvalue weighted by Gasteiger charge is -2.18. The third-order valence-corrected chi connectivity index (χ3v) is 6.48. The molecule has 0 radical (unpaired) electrons. The predicted octanol–water partition coefficient (Wildman–Crippen LogP) is 4.91. The van der Waals surface area contributed by atoms with Gasteiger partial charge in [0.1, 0.15) is 18.2 Å². The lowest BCUT2D eigenvalue weighted by molar-refractivity contribution is 0.0926. The molecule has 1 fully saturated rings. The van der Waals surface area contributed by atoms with Crippen LogP contribution in [-0.2, 0) is 0 Å². The second kappa shape index (κ2) is 10.5. The zero-order chi connectivity index (χ0) is 25.9. The van der Waals surface area contributed by atoms with Crippen molar-refractivity contribution in [2.75, 3.05) is 45.4 Å². The third-order valence-electron chi connectivity index (χ3n) is 6.48. The molecule has 0 N–H and O–H groups in total. The molecule has 0 aromatic heterocycles. The van der Waals surface area contributed by atoms with E-state index in [-0.39, 0.29) is 22.6 Å². The molecular weight excluding hydrogens is 479 g/mol. The van der Waals surface area contributed by atoms with E-state index < -0.39 is 17.6 Å². The first kappa shape index (κ1) is 24.6. The molecule has 2 aliphatic heterocycles. The smallest absolute Gasteiger partial charge is 0.266 e. The lowest BCUT2D eigenvalue weighted by Crippen LogP contribution is -2.29. The highest BCUT2D eigenvalue weighted by atomic mass is 19.1. The molecule has 0 saturated carbocycles. The fraction of sp³-hybridized carbons (Fsp3) is 0.286. The SMILES string of the molecule is COc1cc(N2C(=O)c3ccc(Oc4ccc(F)cc4OC)cc3C2=O)ccc1OCCN1CCCC1. The first-order valence-corrected chi connectivity index (χ1v) is 12.1. The predicted molar refractivity (Wildman–Crippen MR) is 135 cm³/mol. The highest BCUT2D eigenvalue weighted by Gasteiger charge is 2.37. The fourth-order valence-electron chi connectivity index (χ4n) is 4.58. The average Bonchev–Trinajstić information content (AvgIpc) is 3.51. The largest absolute Gasteiger partial charge is 0.493 e. The molecule has 9 heteroatoms. The number of hydrogen-bond donors (Lipinski definition) is 0. The fourth-order valence-corrected chi connectivity index (χ4v) is 4.58. The summed E-state index contributed by atoms with van der Waals surface area (Å²) in [5.74, 6) is 0.381.